The number of imide groups is 1. The van der Waals surface area contributed by atoms with Crippen LogP contribution in [0.25, 0.3) is 0 Å². The van der Waals surface area contributed by atoms with Gasteiger partial charge in [-0.1, -0.05) is 18.2 Å². The molecule has 4 heterocycles. The number of halogens is 1. The lowest BCUT2D eigenvalue weighted by atomic mass is 9.75. The molecule has 146 valence electrons. The summed E-state index contributed by atoms with van der Waals surface area (Å²) in [5.41, 5.74) is 0.160. The van der Waals surface area contributed by atoms with Crippen LogP contribution >= 0.6 is 0 Å². The fourth-order valence-corrected chi connectivity index (χ4v) is 6.01. The van der Waals surface area contributed by atoms with Crippen LogP contribution in [0.2, 0.25) is 0 Å². The van der Waals surface area contributed by atoms with Crippen molar-refractivity contribution >= 4 is 29.1 Å². The van der Waals surface area contributed by atoms with Gasteiger partial charge in [-0.25, -0.2) is 9.29 Å². The van der Waals surface area contributed by atoms with E-state index in [9.17, 15) is 18.8 Å². The number of benzene rings is 2. The molecule has 0 aliphatic carbocycles. The van der Waals surface area contributed by atoms with E-state index in [4.69, 9.17) is 0 Å². The van der Waals surface area contributed by atoms with Crippen LogP contribution in [0.1, 0.15) is 18.4 Å². The molecular formula is C22H18FN3O3. The van der Waals surface area contributed by atoms with Gasteiger partial charge in [0.2, 0.25) is 17.7 Å². The molecule has 4 atom stereocenters. The number of para-hydroxylation sites is 1. The second-order valence-corrected chi connectivity index (χ2v) is 8.16. The quantitative estimate of drug-likeness (QED) is 0.757. The van der Waals surface area contributed by atoms with Crippen LogP contribution in [0.15, 0.2) is 48.5 Å². The van der Waals surface area contributed by atoms with Gasteiger partial charge in [0, 0.05) is 17.3 Å². The first-order chi connectivity index (χ1) is 14.0. The van der Waals surface area contributed by atoms with Crippen LogP contribution in [0, 0.1) is 17.7 Å². The Labute approximate surface area is 166 Å². The maximum absolute atomic E-state index is 14.2. The summed E-state index contributed by atoms with van der Waals surface area (Å²) in [5.74, 6) is -2.91. The molecule has 1 N–H and O–H groups in total. The first-order valence-corrected chi connectivity index (χ1v) is 9.86. The largest absolute Gasteiger partial charge is 0.324 e. The minimum Gasteiger partial charge on any atom is -0.324 e. The Kier molecular flexibility index (Phi) is 3.20. The molecule has 3 saturated heterocycles. The summed E-state index contributed by atoms with van der Waals surface area (Å²) < 4.78 is 14.2. The Bertz CT molecular complexity index is 1090. The van der Waals surface area contributed by atoms with Crippen molar-refractivity contribution in [3.05, 3.63) is 59.9 Å². The van der Waals surface area contributed by atoms with Gasteiger partial charge in [-0.2, -0.15) is 0 Å². The number of nitrogens with zero attached hydrogens (tertiary/aromatic N) is 2. The van der Waals surface area contributed by atoms with Gasteiger partial charge in [-0.15, -0.1) is 0 Å². The highest BCUT2D eigenvalue weighted by Crippen LogP contribution is 2.60. The molecule has 3 fully saturated rings. The zero-order valence-corrected chi connectivity index (χ0v) is 15.5. The highest BCUT2D eigenvalue weighted by molar-refractivity contribution is 6.25. The summed E-state index contributed by atoms with van der Waals surface area (Å²) in [6, 6.07) is 12.8. The third-order valence-electron chi connectivity index (χ3n) is 6.97. The molecule has 4 aliphatic heterocycles. The first-order valence-electron chi connectivity index (χ1n) is 9.86. The number of amides is 3. The average Bonchev–Trinajstić information content (AvgIpc) is 3.41. The molecule has 0 saturated carbocycles. The van der Waals surface area contributed by atoms with E-state index in [1.54, 1.807) is 24.3 Å². The highest BCUT2D eigenvalue weighted by atomic mass is 19.1. The monoisotopic (exact) mass is 391 g/mol. The summed E-state index contributed by atoms with van der Waals surface area (Å²) in [6.07, 6.45) is 1.57. The van der Waals surface area contributed by atoms with Gasteiger partial charge in [-0.05, 0) is 49.7 Å². The van der Waals surface area contributed by atoms with Crippen molar-refractivity contribution in [2.24, 2.45) is 11.8 Å². The summed E-state index contributed by atoms with van der Waals surface area (Å²) in [4.78, 5) is 43.7. The zero-order valence-electron chi connectivity index (χ0n) is 15.5. The molecule has 29 heavy (non-hydrogen) atoms. The van der Waals surface area contributed by atoms with Crippen LogP contribution in [-0.2, 0) is 19.9 Å². The van der Waals surface area contributed by atoms with Gasteiger partial charge in [0.25, 0.3) is 0 Å². The van der Waals surface area contributed by atoms with Gasteiger partial charge >= 0.3 is 0 Å². The lowest BCUT2D eigenvalue weighted by Crippen LogP contribution is -2.54. The van der Waals surface area contributed by atoms with Crippen LogP contribution in [0.5, 0.6) is 0 Å². The predicted molar refractivity (Wildman–Crippen MR) is 102 cm³/mol. The van der Waals surface area contributed by atoms with Gasteiger partial charge in [0.05, 0.1) is 17.5 Å². The van der Waals surface area contributed by atoms with Gasteiger partial charge in [-0.3, -0.25) is 19.3 Å². The standard InChI is InChI=1S/C22H18FN3O3/c23-12-8-9-15-14(11-12)22(21(29)24-15)18-17(16-7-4-10-25(16)22)19(27)26(20(18)28)13-5-2-1-3-6-13/h1-3,5-6,8-9,11,16-18H,4,7,10H2,(H,24,29)/t16-,17+,18-,22+/m0/s1. The molecule has 2 aromatic rings. The molecule has 4 aliphatic rings. The van der Waals surface area contributed by atoms with E-state index in [1.807, 2.05) is 11.0 Å². The predicted octanol–water partition coefficient (Wildman–Crippen LogP) is 2.26. The Morgan fingerprint density at radius 1 is 1.03 bits per heavy atom. The highest BCUT2D eigenvalue weighted by Gasteiger charge is 2.74. The Hall–Kier alpha value is -3.06. The van der Waals surface area contributed by atoms with Crippen LogP contribution in [-0.4, -0.2) is 35.2 Å². The zero-order chi connectivity index (χ0) is 19.9. The molecule has 0 radical (unpaired) electrons. The molecule has 7 heteroatoms. The molecule has 6 rings (SSSR count). The van der Waals surface area contributed by atoms with Gasteiger partial charge in [0.1, 0.15) is 11.4 Å². The van der Waals surface area contributed by atoms with E-state index >= 15 is 0 Å². The minimum absolute atomic E-state index is 0.204. The molecule has 0 unspecified atom stereocenters. The maximum atomic E-state index is 14.2. The van der Waals surface area contributed by atoms with Crippen molar-refractivity contribution in [1.82, 2.24) is 4.90 Å². The minimum atomic E-state index is -1.33. The van der Waals surface area contributed by atoms with E-state index < -0.39 is 23.2 Å². The SMILES string of the molecule is O=C1[C@H]2[C@@H](C(=O)N1c1ccccc1)[C@]1(C(=O)Nc3ccc(F)cc31)N1CCC[C@@H]21. The van der Waals surface area contributed by atoms with Crippen LogP contribution < -0.4 is 10.2 Å². The Morgan fingerprint density at radius 2 is 1.83 bits per heavy atom. The third kappa shape index (κ3) is 1.86. The van der Waals surface area contributed by atoms with Crippen molar-refractivity contribution in [2.75, 3.05) is 16.8 Å². The molecule has 1 spiro atoms. The summed E-state index contributed by atoms with van der Waals surface area (Å²) in [6.45, 7) is 0.604. The van der Waals surface area contributed by atoms with Crippen molar-refractivity contribution in [2.45, 2.75) is 24.4 Å². The number of fused-ring (bicyclic) bond motifs is 7. The summed E-state index contributed by atoms with van der Waals surface area (Å²) in [7, 11) is 0. The number of anilines is 2. The van der Waals surface area contributed by atoms with Crippen LogP contribution in [0.4, 0.5) is 15.8 Å². The second kappa shape index (κ2) is 5.51. The summed E-state index contributed by atoms with van der Waals surface area (Å²) >= 11 is 0. The average molecular weight is 391 g/mol. The molecule has 2 aromatic carbocycles. The van der Waals surface area contributed by atoms with Crippen molar-refractivity contribution < 1.29 is 18.8 Å². The van der Waals surface area contributed by atoms with Gasteiger partial charge < -0.3 is 5.32 Å². The lowest BCUT2D eigenvalue weighted by molar-refractivity contribution is -0.135. The maximum Gasteiger partial charge on any atom is 0.250 e. The Balaban J connectivity index is 1.58. The number of hydrogen-bond acceptors (Lipinski definition) is 4. The smallest absolute Gasteiger partial charge is 0.250 e. The fourth-order valence-electron chi connectivity index (χ4n) is 6.01. The number of carbonyl (C=O) groups is 3. The fraction of sp³-hybridized carbons (Fsp3) is 0.318. The van der Waals surface area contributed by atoms with Crippen molar-refractivity contribution in [3.63, 3.8) is 0 Å². The number of carbonyl (C=O) groups excluding carboxylic acids is 3. The van der Waals surface area contributed by atoms with E-state index in [0.29, 0.717) is 23.5 Å². The number of rotatable bonds is 1. The van der Waals surface area contributed by atoms with Crippen molar-refractivity contribution in [3.8, 4) is 0 Å². The number of nitrogens with one attached hydrogen (secondary N) is 1. The topological polar surface area (TPSA) is 69.7 Å². The van der Waals surface area contributed by atoms with E-state index in [2.05, 4.69) is 5.32 Å². The second-order valence-electron chi connectivity index (χ2n) is 8.16. The van der Waals surface area contributed by atoms with Gasteiger partial charge in [0.15, 0.2) is 0 Å². The Morgan fingerprint density at radius 3 is 2.62 bits per heavy atom. The van der Waals surface area contributed by atoms with E-state index in [-0.39, 0.29) is 23.8 Å². The third-order valence-corrected chi connectivity index (χ3v) is 6.97. The number of hydrogen-bond donors (Lipinski definition) is 1. The first kappa shape index (κ1) is 16.9. The lowest BCUT2D eigenvalue weighted by Gasteiger charge is -2.36. The molecule has 0 bridgehead atoms. The van der Waals surface area contributed by atoms with E-state index in [0.717, 1.165) is 12.8 Å². The van der Waals surface area contributed by atoms with E-state index in [1.165, 1.54) is 23.1 Å². The van der Waals surface area contributed by atoms with Crippen molar-refractivity contribution in [1.29, 1.82) is 0 Å². The molecule has 3 amide bonds. The molecule has 6 nitrogen and oxygen atoms in total. The normalized spacial score (nSPS) is 32.7. The van der Waals surface area contributed by atoms with Crippen LogP contribution in [0.3, 0.4) is 0 Å². The summed E-state index contributed by atoms with van der Waals surface area (Å²) in [5, 5.41) is 2.84. The molecular weight excluding hydrogens is 373 g/mol. The molecule has 0 aromatic heterocycles.